The van der Waals surface area contributed by atoms with Crippen molar-refractivity contribution in [1.82, 2.24) is 24.8 Å². The van der Waals surface area contributed by atoms with Gasteiger partial charge in [-0.2, -0.15) is 0 Å². The van der Waals surface area contributed by atoms with Crippen LogP contribution in [0.15, 0.2) is 6.20 Å². The molecule has 0 radical (unpaired) electrons. The van der Waals surface area contributed by atoms with E-state index < -0.39 is 0 Å². The van der Waals surface area contributed by atoms with Gasteiger partial charge in [-0.3, -0.25) is 10.00 Å². The van der Waals surface area contributed by atoms with E-state index in [1.165, 1.54) is 0 Å². The predicted molar refractivity (Wildman–Crippen MR) is 73.0 cm³/mol. The standard InChI is InChI=1S/C12H22N6O/c1-4-6-18-9-11(14-15-18)13-12(19)17(3)10-5-7-16(2)8-10/h9-10H,4-8H2,1-3H3,(H,13,19)/t10-/m1/s1. The fourth-order valence-corrected chi connectivity index (χ4v) is 2.29. The van der Waals surface area contributed by atoms with Gasteiger partial charge in [-0.05, 0) is 26.4 Å². The monoisotopic (exact) mass is 266 g/mol. The number of aryl methyl sites for hydroxylation is 1. The third-order valence-corrected chi connectivity index (χ3v) is 3.46. The largest absolute Gasteiger partial charge is 0.323 e. The minimum Gasteiger partial charge on any atom is -0.323 e. The van der Waals surface area contributed by atoms with Crippen LogP contribution in [-0.4, -0.2) is 64.1 Å². The van der Waals surface area contributed by atoms with E-state index in [1.54, 1.807) is 15.8 Å². The van der Waals surface area contributed by atoms with Crippen LogP contribution in [0, 0.1) is 0 Å². The average Bonchev–Trinajstić information content (AvgIpc) is 2.98. The smallest absolute Gasteiger partial charge is 0.323 e. The van der Waals surface area contributed by atoms with Crippen LogP contribution in [0.3, 0.4) is 0 Å². The Morgan fingerprint density at radius 2 is 2.42 bits per heavy atom. The summed E-state index contributed by atoms with van der Waals surface area (Å²) in [5.74, 6) is 0.511. The first kappa shape index (κ1) is 13.8. The lowest BCUT2D eigenvalue weighted by Gasteiger charge is -2.24. The summed E-state index contributed by atoms with van der Waals surface area (Å²) in [6.07, 6.45) is 3.77. The Bertz CT molecular complexity index is 432. The second kappa shape index (κ2) is 6.01. The van der Waals surface area contributed by atoms with Gasteiger partial charge >= 0.3 is 6.03 Å². The first-order valence-electron chi connectivity index (χ1n) is 6.72. The molecule has 1 aliphatic rings. The van der Waals surface area contributed by atoms with Crippen molar-refractivity contribution < 1.29 is 4.79 Å². The summed E-state index contributed by atoms with van der Waals surface area (Å²) >= 11 is 0. The van der Waals surface area contributed by atoms with Gasteiger partial charge < -0.3 is 9.80 Å². The summed E-state index contributed by atoms with van der Waals surface area (Å²) in [5.41, 5.74) is 0. The number of rotatable bonds is 4. The Hall–Kier alpha value is -1.63. The van der Waals surface area contributed by atoms with Gasteiger partial charge in [-0.15, -0.1) is 5.10 Å². The molecule has 7 heteroatoms. The van der Waals surface area contributed by atoms with Crippen molar-refractivity contribution in [2.45, 2.75) is 32.4 Å². The Balaban J connectivity index is 1.88. The number of likely N-dealkylation sites (N-methyl/N-ethyl adjacent to an activating group) is 2. The lowest BCUT2D eigenvalue weighted by molar-refractivity contribution is 0.204. The molecule has 0 aliphatic carbocycles. The zero-order valence-electron chi connectivity index (χ0n) is 11.8. The van der Waals surface area contributed by atoms with E-state index in [2.05, 4.69) is 34.5 Å². The molecule has 1 fully saturated rings. The van der Waals surface area contributed by atoms with Crippen molar-refractivity contribution in [2.24, 2.45) is 0 Å². The number of nitrogens with zero attached hydrogens (tertiary/aromatic N) is 5. The number of nitrogens with one attached hydrogen (secondary N) is 1. The summed E-state index contributed by atoms with van der Waals surface area (Å²) in [6.45, 7) is 4.85. The highest BCUT2D eigenvalue weighted by atomic mass is 16.2. The number of amides is 2. The lowest BCUT2D eigenvalue weighted by Crippen LogP contribution is -2.41. The normalized spacial score (nSPS) is 19.6. The number of carbonyl (C=O) groups is 1. The molecule has 1 atom stereocenters. The maximum absolute atomic E-state index is 12.1. The third kappa shape index (κ3) is 3.44. The van der Waals surface area contributed by atoms with Crippen LogP contribution < -0.4 is 5.32 Å². The Morgan fingerprint density at radius 1 is 1.63 bits per heavy atom. The van der Waals surface area contributed by atoms with Crippen molar-refractivity contribution in [3.05, 3.63) is 6.20 Å². The van der Waals surface area contributed by atoms with Crippen LogP contribution in [0.1, 0.15) is 19.8 Å². The van der Waals surface area contributed by atoms with Crippen molar-refractivity contribution in [1.29, 1.82) is 0 Å². The second-order valence-electron chi connectivity index (χ2n) is 5.11. The zero-order valence-corrected chi connectivity index (χ0v) is 11.8. The number of anilines is 1. The molecule has 7 nitrogen and oxygen atoms in total. The molecule has 19 heavy (non-hydrogen) atoms. The van der Waals surface area contributed by atoms with Gasteiger partial charge in [0.25, 0.3) is 0 Å². The SMILES string of the molecule is CCCn1cc(NC(=O)N(C)[C@@H]2CCN(C)C2)nn1. The van der Waals surface area contributed by atoms with E-state index >= 15 is 0 Å². The fourth-order valence-electron chi connectivity index (χ4n) is 2.29. The molecule has 2 rings (SSSR count). The first-order chi connectivity index (χ1) is 9.10. The summed E-state index contributed by atoms with van der Waals surface area (Å²) < 4.78 is 1.74. The van der Waals surface area contributed by atoms with Gasteiger partial charge in [-0.1, -0.05) is 12.1 Å². The van der Waals surface area contributed by atoms with E-state index in [0.717, 1.165) is 32.5 Å². The van der Waals surface area contributed by atoms with Gasteiger partial charge in [-0.25, -0.2) is 4.79 Å². The molecule has 0 aromatic carbocycles. The highest BCUT2D eigenvalue weighted by Gasteiger charge is 2.26. The number of hydrogen-bond donors (Lipinski definition) is 1. The third-order valence-electron chi connectivity index (χ3n) is 3.46. The predicted octanol–water partition coefficient (Wildman–Crippen LogP) is 0.856. The van der Waals surface area contributed by atoms with Crippen molar-refractivity contribution >= 4 is 11.8 Å². The van der Waals surface area contributed by atoms with Crippen LogP contribution in [0.2, 0.25) is 0 Å². The zero-order chi connectivity index (χ0) is 13.8. The number of hydrogen-bond acceptors (Lipinski definition) is 4. The van der Waals surface area contributed by atoms with Gasteiger partial charge in [0.2, 0.25) is 0 Å². The molecule has 1 aromatic rings. The van der Waals surface area contributed by atoms with Crippen LogP contribution >= 0.6 is 0 Å². The molecule has 106 valence electrons. The van der Waals surface area contributed by atoms with Crippen LogP contribution in [-0.2, 0) is 6.54 Å². The molecule has 0 unspecified atom stereocenters. The maximum Gasteiger partial charge on any atom is 0.323 e. The Kier molecular flexibility index (Phi) is 4.36. The summed E-state index contributed by atoms with van der Waals surface area (Å²) in [7, 11) is 3.90. The second-order valence-corrected chi connectivity index (χ2v) is 5.11. The molecule has 1 saturated heterocycles. The molecule has 1 aliphatic heterocycles. The molecular weight excluding hydrogens is 244 g/mol. The highest BCUT2D eigenvalue weighted by Crippen LogP contribution is 2.13. The van der Waals surface area contributed by atoms with Crippen LogP contribution in [0.5, 0.6) is 0 Å². The van der Waals surface area contributed by atoms with Crippen molar-refractivity contribution in [2.75, 3.05) is 32.5 Å². The molecule has 0 saturated carbocycles. The Morgan fingerprint density at radius 3 is 3.05 bits per heavy atom. The van der Waals surface area contributed by atoms with E-state index in [9.17, 15) is 4.79 Å². The van der Waals surface area contributed by atoms with Crippen molar-refractivity contribution in [3.63, 3.8) is 0 Å². The van der Waals surface area contributed by atoms with E-state index in [1.807, 2.05) is 7.05 Å². The number of likely N-dealkylation sites (tertiary alicyclic amines) is 1. The number of urea groups is 1. The lowest BCUT2D eigenvalue weighted by atomic mass is 10.2. The number of aromatic nitrogens is 3. The average molecular weight is 266 g/mol. The summed E-state index contributed by atoms with van der Waals surface area (Å²) in [5, 5.41) is 10.7. The van der Waals surface area contributed by atoms with E-state index in [4.69, 9.17) is 0 Å². The van der Waals surface area contributed by atoms with E-state index in [0.29, 0.717) is 5.82 Å². The van der Waals surface area contributed by atoms with E-state index in [-0.39, 0.29) is 12.1 Å². The summed E-state index contributed by atoms with van der Waals surface area (Å²) in [6, 6.07) is 0.152. The quantitative estimate of drug-likeness (QED) is 0.877. The van der Waals surface area contributed by atoms with Gasteiger partial charge in [0.1, 0.15) is 0 Å². The molecule has 1 aromatic heterocycles. The topological polar surface area (TPSA) is 66.3 Å². The molecule has 2 heterocycles. The molecule has 1 N–H and O–H groups in total. The molecule has 0 spiro atoms. The summed E-state index contributed by atoms with van der Waals surface area (Å²) in [4.78, 5) is 16.1. The highest BCUT2D eigenvalue weighted by molar-refractivity contribution is 5.88. The van der Waals surface area contributed by atoms with Gasteiger partial charge in [0.05, 0.1) is 6.20 Å². The maximum atomic E-state index is 12.1. The van der Waals surface area contributed by atoms with Crippen LogP contribution in [0.25, 0.3) is 0 Å². The fraction of sp³-hybridized carbons (Fsp3) is 0.750. The minimum atomic E-state index is -0.121. The molecular formula is C12H22N6O. The van der Waals surface area contributed by atoms with Crippen molar-refractivity contribution in [3.8, 4) is 0 Å². The molecule has 0 bridgehead atoms. The van der Waals surface area contributed by atoms with Gasteiger partial charge in [0.15, 0.2) is 5.82 Å². The van der Waals surface area contributed by atoms with Crippen LogP contribution in [0.4, 0.5) is 10.6 Å². The molecule has 2 amide bonds. The van der Waals surface area contributed by atoms with Gasteiger partial charge in [0, 0.05) is 26.2 Å². The number of carbonyl (C=O) groups excluding carboxylic acids is 1. The first-order valence-corrected chi connectivity index (χ1v) is 6.72. The minimum absolute atomic E-state index is 0.121. The Labute approximate surface area is 113 Å².